The van der Waals surface area contributed by atoms with Crippen LogP contribution in [0.15, 0.2) is 12.3 Å². The van der Waals surface area contributed by atoms with Crippen LogP contribution < -0.4 is 16.8 Å². The Morgan fingerprint density at radius 3 is 2.81 bits per heavy atom. The molecule has 1 aliphatic rings. The molecule has 2 amide bonds. The molecule has 2 atom stereocenters. The van der Waals surface area contributed by atoms with Gasteiger partial charge < -0.3 is 16.8 Å². The summed E-state index contributed by atoms with van der Waals surface area (Å²) >= 11 is 0. The number of aryl methyl sites for hydroxylation is 1. The van der Waals surface area contributed by atoms with E-state index >= 15 is 0 Å². The second-order valence-corrected chi connectivity index (χ2v) is 5.29. The predicted molar refractivity (Wildman–Crippen MR) is 81.8 cm³/mol. The van der Waals surface area contributed by atoms with Gasteiger partial charge in [-0.15, -0.1) is 12.4 Å². The molecular formula is C13H22ClN5O2. The number of amides is 2. The van der Waals surface area contributed by atoms with Crippen molar-refractivity contribution in [1.82, 2.24) is 9.78 Å². The van der Waals surface area contributed by atoms with E-state index in [2.05, 4.69) is 10.4 Å². The molecule has 21 heavy (non-hydrogen) atoms. The Labute approximate surface area is 129 Å². The summed E-state index contributed by atoms with van der Waals surface area (Å²) in [4.78, 5) is 22.6. The number of hydrogen-bond donors (Lipinski definition) is 3. The molecule has 0 aromatic carbocycles. The van der Waals surface area contributed by atoms with E-state index < -0.39 is 0 Å². The fraction of sp³-hybridized carbons (Fsp3) is 0.615. The molecule has 0 saturated heterocycles. The van der Waals surface area contributed by atoms with Crippen LogP contribution in [0.3, 0.4) is 0 Å². The maximum atomic E-state index is 11.9. The summed E-state index contributed by atoms with van der Waals surface area (Å²) in [5.74, 6) is 0.326. The number of aromatic nitrogens is 2. The third-order valence-electron chi connectivity index (χ3n) is 3.66. The van der Waals surface area contributed by atoms with Crippen molar-refractivity contribution < 1.29 is 9.59 Å². The van der Waals surface area contributed by atoms with Crippen molar-refractivity contribution >= 4 is 30.0 Å². The SMILES string of the molecule is Cl.NC(=O)CCn1ccc(NC(=O)C[C@@H]2CCC[C@H]2N)n1. The third kappa shape index (κ3) is 5.35. The Balaban J connectivity index is 0.00000220. The summed E-state index contributed by atoms with van der Waals surface area (Å²) in [6.45, 7) is 0.415. The lowest BCUT2D eigenvalue weighted by atomic mass is 10.00. The maximum absolute atomic E-state index is 11.9. The van der Waals surface area contributed by atoms with Crippen LogP contribution in [0.2, 0.25) is 0 Å². The average molecular weight is 316 g/mol. The van der Waals surface area contributed by atoms with E-state index in [9.17, 15) is 9.59 Å². The van der Waals surface area contributed by atoms with Crippen LogP contribution in [0.1, 0.15) is 32.1 Å². The molecule has 0 radical (unpaired) electrons. The van der Waals surface area contributed by atoms with Crippen LogP contribution in [0.25, 0.3) is 0 Å². The van der Waals surface area contributed by atoms with Crippen LogP contribution in [0.5, 0.6) is 0 Å². The average Bonchev–Trinajstić information content (AvgIpc) is 2.97. The van der Waals surface area contributed by atoms with Crippen molar-refractivity contribution in [1.29, 1.82) is 0 Å². The molecule has 1 fully saturated rings. The van der Waals surface area contributed by atoms with Gasteiger partial charge in [0.05, 0.1) is 0 Å². The van der Waals surface area contributed by atoms with E-state index in [1.54, 1.807) is 16.9 Å². The number of primary amides is 1. The highest BCUT2D eigenvalue weighted by molar-refractivity contribution is 5.89. The summed E-state index contributed by atoms with van der Waals surface area (Å²) in [6, 6.07) is 1.84. The number of carbonyl (C=O) groups is 2. The zero-order valence-electron chi connectivity index (χ0n) is 11.8. The molecule has 1 heterocycles. The van der Waals surface area contributed by atoms with Gasteiger partial charge in [0.25, 0.3) is 0 Å². The first-order valence-corrected chi connectivity index (χ1v) is 6.92. The Kier molecular flexibility index (Phi) is 6.64. The van der Waals surface area contributed by atoms with Gasteiger partial charge in [0.1, 0.15) is 0 Å². The second-order valence-electron chi connectivity index (χ2n) is 5.29. The lowest BCUT2D eigenvalue weighted by Crippen LogP contribution is -2.28. The van der Waals surface area contributed by atoms with Gasteiger partial charge >= 0.3 is 0 Å². The first kappa shape index (κ1) is 17.5. The van der Waals surface area contributed by atoms with Crippen LogP contribution in [0.4, 0.5) is 5.82 Å². The number of nitrogens with one attached hydrogen (secondary N) is 1. The van der Waals surface area contributed by atoms with Crippen molar-refractivity contribution in [2.45, 2.75) is 44.7 Å². The van der Waals surface area contributed by atoms with Crippen molar-refractivity contribution in [3.63, 3.8) is 0 Å². The maximum Gasteiger partial charge on any atom is 0.225 e. The minimum atomic E-state index is -0.374. The molecule has 2 rings (SSSR count). The van der Waals surface area contributed by atoms with E-state index in [1.165, 1.54) is 0 Å². The van der Waals surface area contributed by atoms with Gasteiger partial charge in [-0.2, -0.15) is 5.10 Å². The van der Waals surface area contributed by atoms with Gasteiger partial charge in [-0.1, -0.05) is 6.42 Å². The van der Waals surface area contributed by atoms with Gasteiger partial charge in [-0.3, -0.25) is 14.3 Å². The van der Waals surface area contributed by atoms with Crippen molar-refractivity contribution in [2.24, 2.45) is 17.4 Å². The number of anilines is 1. The Bertz CT molecular complexity index is 491. The summed E-state index contributed by atoms with van der Waals surface area (Å²) in [6.07, 6.45) is 5.49. The number of nitrogens with zero attached hydrogens (tertiary/aromatic N) is 2. The number of nitrogens with two attached hydrogens (primary N) is 2. The Morgan fingerprint density at radius 2 is 2.19 bits per heavy atom. The standard InChI is InChI=1S/C13H21N5O2.ClH/c14-10-3-1-2-9(10)8-13(20)16-12-5-7-18(17-12)6-4-11(15)19;/h5,7,9-10H,1-4,6,8,14H2,(H2,15,19)(H,16,17,20);1H/t9-,10+;/m0./s1. The quantitative estimate of drug-likeness (QED) is 0.714. The molecule has 0 spiro atoms. The van der Waals surface area contributed by atoms with E-state index in [0.717, 1.165) is 19.3 Å². The summed E-state index contributed by atoms with van der Waals surface area (Å²) in [5, 5.41) is 6.92. The Morgan fingerprint density at radius 1 is 1.43 bits per heavy atom. The molecule has 5 N–H and O–H groups in total. The molecule has 0 unspecified atom stereocenters. The van der Waals surface area contributed by atoms with Crippen LogP contribution in [-0.4, -0.2) is 27.6 Å². The Hall–Kier alpha value is -1.60. The number of rotatable bonds is 6. The van der Waals surface area contributed by atoms with E-state index in [-0.39, 0.29) is 42.6 Å². The molecule has 1 aliphatic carbocycles. The van der Waals surface area contributed by atoms with Crippen molar-refractivity contribution in [3.8, 4) is 0 Å². The van der Waals surface area contributed by atoms with Crippen molar-refractivity contribution in [2.75, 3.05) is 5.32 Å². The molecular weight excluding hydrogens is 294 g/mol. The van der Waals surface area contributed by atoms with Gasteiger partial charge in [0.15, 0.2) is 5.82 Å². The number of halogens is 1. The zero-order valence-corrected chi connectivity index (χ0v) is 12.6. The summed E-state index contributed by atoms with van der Waals surface area (Å²) < 4.78 is 1.58. The van der Waals surface area contributed by atoms with E-state index in [0.29, 0.717) is 18.8 Å². The fourth-order valence-electron chi connectivity index (χ4n) is 2.53. The first-order valence-electron chi connectivity index (χ1n) is 6.92. The fourth-order valence-corrected chi connectivity index (χ4v) is 2.53. The van der Waals surface area contributed by atoms with Crippen LogP contribution >= 0.6 is 12.4 Å². The van der Waals surface area contributed by atoms with Gasteiger partial charge in [0.2, 0.25) is 11.8 Å². The molecule has 1 saturated carbocycles. The third-order valence-corrected chi connectivity index (χ3v) is 3.66. The first-order chi connectivity index (χ1) is 9.54. The monoisotopic (exact) mass is 315 g/mol. The smallest absolute Gasteiger partial charge is 0.225 e. The zero-order chi connectivity index (χ0) is 14.5. The molecule has 118 valence electrons. The highest BCUT2D eigenvalue weighted by atomic mass is 35.5. The topological polar surface area (TPSA) is 116 Å². The van der Waals surface area contributed by atoms with Crippen molar-refractivity contribution in [3.05, 3.63) is 12.3 Å². The van der Waals surface area contributed by atoms with E-state index in [4.69, 9.17) is 11.5 Å². The lowest BCUT2D eigenvalue weighted by Gasteiger charge is -2.13. The summed E-state index contributed by atoms with van der Waals surface area (Å²) in [5.41, 5.74) is 11.0. The largest absolute Gasteiger partial charge is 0.370 e. The normalized spacial score (nSPS) is 20.8. The molecule has 8 heteroatoms. The molecule has 0 aliphatic heterocycles. The van der Waals surface area contributed by atoms with Gasteiger partial charge in [-0.05, 0) is 18.8 Å². The van der Waals surface area contributed by atoms with Crippen LogP contribution in [-0.2, 0) is 16.1 Å². The molecule has 0 bridgehead atoms. The van der Waals surface area contributed by atoms with Crippen LogP contribution in [0, 0.1) is 5.92 Å². The number of carbonyl (C=O) groups excluding carboxylic acids is 2. The molecule has 7 nitrogen and oxygen atoms in total. The van der Waals surface area contributed by atoms with E-state index in [1.807, 2.05) is 0 Å². The summed E-state index contributed by atoms with van der Waals surface area (Å²) in [7, 11) is 0. The minimum absolute atomic E-state index is 0. The highest BCUT2D eigenvalue weighted by Crippen LogP contribution is 2.26. The van der Waals surface area contributed by atoms with Gasteiger partial charge in [-0.25, -0.2) is 0 Å². The lowest BCUT2D eigenvalue weighted by molar-refractivity contribution is -0.118. The van der Waals surface area contributed by atoms with Gasteiger partial charge in [0, 0.05) is 37.7 Å². The molecule has 1 aromatic heterocycles. The minimum Gasteiger partial charge on any atom is -0.370 e. The predicted octanol–water partition coefficient (Wildman–Crippen LogP) is 0.636. The highest BCUT2D eigenvalue weighted by Gasteiger charge is 2.26. The second kappa shape index (κ2) is 7.99. The number of hydrogen-bond acceptors (Lipinski definition) is 4. The molecule has 1 aromatic rings.